The highest BCUT2D eigenvalue weighted by Crippen LogP contribution is 2.11. The maximum absolute atomic E-state index is 12.3. The van der Waals surface area contributed by atoms with E-state index in [0.717, 1.165) is 51.3 Å². The van der Waals surface area contributed by atoms with Crippen molar-refractivity contribution in [2.45, 2.75) is 17.9 Å². The average molecular weight is 413 g/mol. The molecule has 2 N–H and O–H groups in total. The predicted molar refractivity (Wildman–Crippen MR) is 107 cm³/mol. The van der Waals surface area contributed by atoms with E-state index in [9.17, 15) is 8.42 Å². The van der Waals surface area contributed by atoms with Gasteiger partial charge in [-0.2, -0.15) is 0 Å². The molecule has 0 saturated carbocycles. The van der Waals surface area contributed by atoms with Crippen LogP contribution in [0.5, 0.6) is 0 Å². The molecule has 1 aliphatic rings. The number of nitrogens with one attached hydrogen (secondary N) is 2. The molecule has 1 aromatic rings. The molecule has 9 heteroatoms. The van der Waals surface area contributed by atoms with Gasteiger partial charge in [-0.1, -0.05) is 12.1 Å². The molecule has 0 atom stereocenters. The van der Waals surface area contributed by atoms with Crippen LogP contribution >= 0.6 is 24.8 Å². The van der Waals surface area contributed by atoms with Gasteiger partial charge in [-0.05, 0) is 44.8 Å². The minimum absolute atomic E-state index is 0. The summed E-state index contributed by atoms with van der Waals surface area (Å²) in [6.45, 7) is 6.34. The first-order chi connectivity index (χ1) is 11.0. The van der Waals surface area contributed by atoms with Crippen molar-refractivity contribution in [3.05, 3.63) is 29.8 Å². The molecule has 0 radical (unpaired) electrons. The lowest BCUT2D eigenvalue weighted by Gasteiger charge is -2.27. The van der Waals surface area contributed by atoms with Crippen LogP contribution in [-0.4, -0.2) is 71.6 Å². The highest BCUT2D eigenvalue weighted by atomic mass is 35.5. The number of hydrogen-bond donors (Lipinski definition) is 2. The normalized spacial score (nSPS) is 15.5. The van der Waals surface area contributed by atoms with Crippen LogP contribution in [0.4, 0.5) is 0 Å². The van der Waals surface area contributed by atoms with Gasteiger partial charge in [0.15, 0.2) is 0 Å². The van der Waals surface area contributed by atoms with Gasteiger partial charge in [0.1, 0.15) is 0 Å². The smallest absolute Gasteiger partial charge is 0.240 e. The molecule has 0 bridgehead atoms. The largest absolute Gasteiger partial charge is 0.314 e. The fraction of sp³-hybridized carbons (Fsp3) is 0.625. The van der Waals surface area contributed by atoms with Crippen LogP contribution in [-0.2, 0) is 16.6 Å². The topological polar surface area (TPSA) is 64.7 Å². The SMILES string of the molecule is CN(C)Cc1ccc(S(=O)(=O)NCCCN2CCNCC2)cc1.Cl.Cl. The first-order valence-electron chi connectivity index (χ1n) is 8.14. The Balaban J connectivity index is 0.00000288. The third kappa shape index (κ3) is 8.68. The van der Waals surface area contributed by atoms with Crippen molar-refractivity contribution in [3.8, 4) is 0 Å². The molecule has 2 rings (SSSR count). The lowest BCUT2D eigenvalue weighted by Crippen LogP contribution is -2.44. The molecule has 1 saturated heterocycles. The lowest BCUT2D eigenvalue weighted by molar-refractivity contribution is 0.239. The molecule has 1 aromatic carbocycles. The number of hydrogen-bond acceptors (Lipinski definition) is 5. The third-order valence-corrected chi connectivity index (χ3v) is 5.36. The van der Waals surface area contributed by atoms with Crippen LogP contribution in [0, 0.1) is 0 Å². The van der Waals surface area contributed by atoms with Crippen molar-refractivity contribution >= 4 is 34.8 Å². The Bertz CT molecular complexity index is 576. The monoisotopic (exact) mass is 412 g/mol. The molecule has 1 fully saturated rings. The van der Waals surface area contributed by atoms with Crippen molar-refractivity contribution in [1.29, 1.82) is 0 Å². The van der Waals surface area contributed by atoms with Crippen molar-refractivity contribution in [1.82, 2.24) is 19.8 Å². The van der Waals surface area contributed by atoms with E-state index < -0.39 is 10.0 Å². The molecule has 0 spiro atoms. The Labute approximate surface area is 164 Å². The summed E-state index contributed by atoms with van der Waals surface area (Å²) in [5.41, 5.74) is 1.10. The van der Waals surface area contributed by atoms with Gasteiger partial charge in [0.05, 0.1) is 4.90 Å². The Hall–Kier alpha value is -0.410. The molecular weight excluding hydrogens is 383 g/mol. The second-order valence-electron chi connectivity index (χ2n) is 6.22. The summed E-state index contributed by atoms with van der Waals surface area (Å²) in [7, 11) is 0.578. The van der Waals surface area contributed by atoms with E-state index in [2.05, 4.69) is 19.8 Å². The van der Waals surface area contributed by atoms with Gasteiger partial charge in [0, 0.05) is 39.3 Å². The molecule has 1 heterocycles. The summed E-state index contributed by atoms with van der Waals surface area (Å²) < 4.78 is 27.2. The number of sulfonamides is 1. The highest BCUT2D eigenvalue weighted by molar-refractivity contribution is 7.89. The third-order valence-electron chi connectivity index (χ3n) is 3.89. The molecule has 0 aliphatic carbocycles. The maximum Gasteiger partial charge on any atom is 0.240 e. The van der Waals surface area contributed by atoms with E-state index in [-0.39, 0.29) is 24.8 Å². The number of piperazine rings is 1. The summed E-state index contributed by atoms with van der Waals surface area (Å²) >= 11 is 0. The molecule has 0 aromatic heterocycles. The average Bonchev–Trinajstić information content (AvgIpc) is 2.53. The first kappa shape index (κ1) is 24.6. The van der Waals surface area contributed by atoms with Gasteiger partial charge in [-0.3, -0.25) is 0 Å². The summed E-state index contributed by atoms with van der Waals surface area (Å²) in [5.74, 6) is 0. The van der Waals surface area contributed by atoms with E-state index >= 15 is 0 Å². The Morgan fingerprint density at radius 2 is 1.72 bits per heavy atom. The van der Waals surface area contributed by atoms with E-state index in [1.54, 1.807) is 12.1 Å². The summed E-state index contributed by atoms with van der Waals surface area (Å²) in [6.07, 6.45) is 0.831. The summed E-state index contributed by atoms with van der Waals surface area (Å²) in [4.78, 5) is 4.75. The molecule has 1 aliphatic heterocycles. The Morgan fingerprint density at radius 1 is 1.12 bits per heavy atom. The highest BCUT2D eigenvalue weighted by Gasteiger charge is 2.14. The summed E-state index contributed by atoms with van der Waals surface area (Å²) in [5, 5.41) is 3.31. The van der Waals surface area contributed by atoms with Crippen LogP contribution in [0.25, 0.3) is 0 Å². The van der Waals surface area contributed by atoms with Gasteiger partial charge < -0.3 is 15.1 Å². The quantitative estimate of drug-likeness (QED) is 0.627. The minimum atomic E-state index is -3.40. The van der Waals surface area contributed by atoms with E-state index in [1.165, 1.54) is 0 Å². The van der Waals surface area contributed by atoms with Crippen LogP contribution < -0.4 is 10.0 Å². The van der Waals surface area contributed by atoms with Crippen LogP contribution in [0.2, 0.25) is 0 Å². The van der Waals surface area contributed by atoms with E-state index in [4.69, 9.17) is 0 Å². The van der Waals surface area contributed by atoms with Gasteiger partial charge >= 0.3 is 0 Å². The molecule has 146 valence electrons. The lowest BCUT2D eigenvalue weighted by atomic mass is 10.2. The fourth-order valence-electron chi connectivity index (χ4n) is 2.67. The van der Waals surface area contributed by atoms with E-state index in [1.807, 2.05) is 26.2 Å². The minimum Gasteiger partial charge on any atom is -0.314 e. The molecule has 0 amide bonds. The first-order valence-corrected chi connectivity index (χ1v) is 9.62. The van der Waals surface area contributed by atoms with Crippen molar-refractivity contribution in [2.24, 2.45) is 0 Å². The zero-order valence-corrected chi connectivity index (χ0v) is 17.4. The second kappa shape index (κ2) is 12.1. The zero-order valence-electron chi connectivity index (χ0n) is 14.9. The zero-order chi connectivity index (χ0) is 16.7. The van der Waals surface area contributed by atoms with Crippen LogP contribution in [0.1, 0.15) is 12.0 Å². The van der Waals surface area contributed by atoms with Crippen molar-refractivity contribution in [2.75, 3.05) is 53.4 Å². The molecule has 0 unspecified atom stereocenters. The number of benzene rings is 1. The fourth-order valence-corrected chi connectivity index (χ4v) is 3.74. The summed E-state index contributed by atoms with van der Waals surface area (Å²) in [6, 6.07) is 7.10. The number of nitrogens with zero attached hydrogens (tertiary/aromatic N) is 2. The molecule has 6 nitrogen and oxygen atoms in total. The van der Waals surface area contributed by atoms with Crippen LogP contribution in [0.3, 0.4) is 0 Å². The predicted octanol–water partition coefficient (Wildman–Crippen LogP) is 1.17. The number of halogens is 2. The van der Waals surface area contributed by atoms with Gasteiger partial charge in [0.2, 0.25) is 10.0 Å². The Morgan fingerprint density at radius 3 is 2.28 bits per heavy atom. The van der Waals surface area contributed by atoms with Crippen molar-refractivity contribution in [3.63, 3.8) is 0 Å². The van der Waals surface area contributed by atoms with Crippen molar-refractivity contribution < 1.29 is 8.42 Å². The van der Waals surface area contributed by atoms with Crippen LogP contribution in [0.15, 0.2) is 29.2 Å². The van der Waals surface area contributed by atoms with E-state index in [0.29, 0.717) is 11.4 Å². The van der Waals surface area contributed by atoms with Gasteiger partial charge in [-0.25, -0.2) is 13.1 Å². The maximum atomic E-state index is 12.3. The molecular formula is C16H30Cl2N4O2S. The standard InChI is InChI=1S/C16H28N4O2S.2ClH/c1-19(2)14-15-4-6-16(7-5-15)23(21,22)18-8-3-11-20-12-9-17-10-13-20;;/h4-7,17-18H,3,8-14H2,1-2H3;2*1H. The Kier molecular flexibility index (Phi) is 11.9. The molecule has 25 heavy (non-hydrogen) atoms. The second-order valence-corrected chi connectivity index (χ2v) is 7.99. The van der Waals surface area contributed by atoms with Gasteiger partial charge in [-0.15, -0.1) is 24.8 Å². The van der Waals surface area contributed by atoms with Gasteiger partial charge in [0.25, 0.3) is 0 Å². The number of rotatable bonds is 8.